The number of piperazine rings is 1. The standard InChI is InChI=1S/C19H26BrN5O/c1-3-24-8-10-25(11-9-24)14-16-7-5-4-6-15(16)12-21-17-13-22-23(2)19(26)18(17)20/h4-7,13,21H,3,8-12,14H2,1-2H3. The normalized spacial score (nSPS) is 16.0. The van der Waals surface area contributed by atoms with Gasteiger partial charge in [-0.2, -0.15) is 5.10 Å². The Morgan fingerprint density at radius 3 is 2.46 bits per heavy atom. The van der Waals surface area contributed by atoms with Gasteiger partial charge in [-0.25, -0.2) is 4.68 Å². The lowest BCUT2D eigenvalue weighted by Gasteiger charge is -2.34. The smallest absolute Gasteiger partial charge is 0.282 e. The summed E-state index contributed by atoms with van der Waals surface area (Å²) in [6, 6.07) is 8.50. The minimum absolute atomic E-state index is 0.142. The van der Waals surface area contributed by atoms with Gasteiger partial charge in [-0.15, -0.1) is 0 Å². The second-order valence-corrected chi connectivity index (χ2v) is 7.43. The lowest BCUT2D eigenvalue weighted by molar-refractivity contribution is 0.131. The number of hydrogen-bond donors (Lipinski definition) is 1. The molecule has 1 aromatic carbocycles. The zero-order valence-electron chi connectivity index (χ0n) is 15.4. The highest BCUT2D eigenvalue weighted by Crippen LogP contribution is 2.19. The van der Waals surface area contributed by atoms with Gasteiger partial charge in [0.15, 0.2) is 0 Å². The molecule has 26 heavy (non-hydrogen) atoms. The Labute approximate surface area is 162 Å². The largest absolute Gasteiger partial charge is 0.379 e. The van der Waals surface area contributed by atoms with Crippen LogP contribution in [0.15, 0.2) is 39.7 Å². The summed E-state index contributed by atoms with van der Waals surface area (Å²) >= 11 is 3.37. The van der Waals surface area contributed by atoms with Crippen LogP contribution in [0.25, 0.3) is 0 Å². The first kappa shape index (κ1) is 19.1. The molecule has 1 aliphatic rings. The van der Waals surface area contributed by atoms with Crippen LogP contribution in [0.2, 0.25) is 0 Å². The van der Waals surface area contributed by atoms with Gasteiger partial charge in [-0.05, 0) is 33.6 Å². The second-order valence-electron chi connectivity index (χ2n) is 6.63. The van der Waals surface area contributed by atoms with E-state index in [1.165, 1.54) is 15.8 Å². The van der Waals surface area contributed by atoms with Crippen molar-refractivity contribution in [3.63, 3.8) is 0 Å². The average molecular weight is 420 g/mol. The van der Waals surface area contributed by atoms with Crippen LogP contribution >= 0.6 is 15.9 Å². The maximum absolute atomic E-state index is 12.0. The van der Waals surface area contributed by atoms with Crippen molar-refractivity contribution in [2.45, 2.75) is 20.0 Å². The summed E-state index contributed by atoms with van der Waals surface area (Å²) < 4.78 is 1.84. The van der Waals surface area contributed by atoms with E-state index < -0.39 is 0 Å². The Morgan fingerprint density at radius 2 is 1.77 bits per heavy atom. The van der Waals surface area contributed by atoms with Crippen LogP contribution in [-0.4, -0.2) is 52.3 Å². The highest BCUT2D eigenvalue weighted by molar-refractivity contribution is 9.10. The summed E-state index contributed by atoms with van der Waals surface area (Å²) in [5.41, 5.74) is 3.16. The molecule has 6 nitrogen and oxygen atoms in total. The summed E-state index contributed by atoms with van der Waals surface area (Å²) in [7, 11) is 1.64. The third-order valence-electron chi connectivity index (χ3n) is 4.97. The first-order chi connectivity index (χ1) is 12.6. The van der Waals surface area contributed by atoms with Gasteiger partial charge < -0.3 is 10.2 Å². The van der Waals surface area contributed by atoms with Crippen LogP contribution in [0.4, 0.5) is 5.69 Å². The predicted octanol–water partition coefficient (Wildman–Crippen LogP) is 2.29. The molecule has 2 aromatic rings. The maximum atomic E-state index is 12.0. The Kier molecular flexibility index (Phi) is 6.45. The van der Waals surface area contributed by atoms with E-state index >= 15 is 0 Å². The lowest BCUT2D eigenvalue weighted by Crippen LogP contribution is -2.45. The Bertz CT molecular complexity index is 799. The number of benzene rings is 1. The van der Waals surface area contributed by atoms with E-state index in [4.69, 9.17) is 0 Å². The SMILES string of the molecule is CCN1CCN(Cc2ccccc2CNc2cnn(C)c(=O)c2Br)CC1. The molecule has 7 heteroatoms. The molecule has 1 fully saturated rings. The highest BCUT2D eigenvalue weighted by atomic mass is 79.9. The molecule has 140 valence electrons. The number of rotatable bonds is 6. The fourth-order valence-corrected chi connectivity index (χ4v) is 3.71. The molecule has 2 heterocycles. The molecule has 1 saturated heterocycles. The first-order valence-corrected chi connectivity index (χ1v) is 9.85. The Balaban J connectivity index is 1.66. The van der Waals surface area contributed by atoms with Gasteiger partial charge in [-0.3, -0.25) is 9.69 Å². The highest BCUT2D eigenvalue weighted by Gasteiger charge is 2.16. The summed E-state index contributed by atoms with van der Waals surface area (Å²) in [5, 5.41) is 7.42. The van der Waals surface area contributed by atoms with E-state index in [-0.39, 0.29) is 5.56 Å². The van der Waals surface area contributed by atoms with Crippen LogP contribution in [0.1, 0.15) is 18.1 Å². The first-order valence-electron chi connectivity index (χ1n) is 9.05. The van der Waals surface area contributed by atoms with E-state index in [9.17, 15) is 4.79 Å². The number of anilines is 1. The van der Waals surface area contributed by atoms with Crippen molar-refractivity contribution in [1.82, 2.24) is 19.6 Å². The third-order valence-corrected chi connectivity index (χ3v) is 5.74. The fraction of sp³-hybridized carbons (Fsp3) is 0.474. The van der Waals surface area contributed by atoms with Crippen LogP contribution in [0.3, 0.4) is 0 Å². The Hall–Kier alpha value is -1.70. The monoisotopic (exact) mass is 419 g/mol. The number of hydrogen-bond acceptors (Lipinski definition) is 5. The minimum Gasteiger partial charge on any atom is -0.379 e. The summed E-state index contributed by atoms with van der Waals surface area (Å²) in [5.74, 6) is 0. The third kappa shape index (κ3) is 4.52. The molecule has 1 N–H and O–H groups in total. The van der Waals surface area contributed by atoms with E-state index in [1.807, 2.05) is 0 Å². The molecule has 0 saturated carbocycles. The van der Waals surface area contributed by atoms with Gasteiger partial charge in [0.2, 0.25) is 0 Å². The van der Waals surface area contributed by atoms with Crippen molar-refractivity contribution in [3.8, 4) is 0 Å². The quantitative estimate of drug-likeness (QED) is 0.778. The topological polar surface area (TPSA) is 53.4 Å². The second kappa shape index (κ2) is 8.79. The maximum Gasteiger partial charge on any atom is 0.282 e. The fourth-order valence-electron chi connectivity index (χ4n) is 3.21. The molecule has 3 rings (SSSR count). The number of aromatic nitrogens is 2. The minimum atomic E-state index is -0.142. The van der Waals surface area contributed by atoms with Crippen molar-refractivity contribution in [2.75, 3.05) is 38.0 Å². The van der Waals surface area contributed by atoms with Crippen LogP contribution in [-0.2, 0) is 20.1 Å². The van der Waals surface area contributed by atoms with Gasteiger partial charge in [0.25, 0.3) is 5.56 Å². The molecule has 0 spiro atoms. The number of nitrogens with zero attached hydrogens (tertiary/aromatic N) is 4. The number of nitrogens with one attached hydrogen (secondary N) is 1. The zero-order valence-corrected chi connectivity index (χ0v) is 17.0. The van der Waals surface area contributed by atoms with Gasteiger partial charge >= 0.3 is 0 Å². The zero-order chi connectivity index (χ0) is 18.5. The molecule has 1 aromatic heterocycles. The van der Waals surface area contributed by atoms with Crippen LogP contribution in [0.5, 0.6) is 0 Å². The van der Waals surface area contributed by atoms with Gasteiger partial charge in [0.05, 0.1) is 11.9 Å². The molecule has 0 atom stereocenters. The average Bonchev–Trinajstić information content (AvgIpc) is 2.67. The van der Waals surface area contributed by atoms with Crippen LogP contribution < -0.4 is 10.9 Å². The molecular weight excluding hydrogens is 394 g/mol. The Morgan fingerprint density at radius 1 is 1.12 bits per heavy atom. The summed E-state index contributed by atoms with van der Waals surface area (Å²) in [6.45, 7) is 9.49. The van der Waals surface area contributed by atoms with E-state index in [0.717, 1.165) is 45.0 Å². The molecular formula is C19H26BrN5O. The lowest BCUT2D eigenvalue weighted by atomic mass is 10.1. The van der Waals surface area contributed by atoms with Crippen molar-refractivity contribution in [2.24, 2.45) is 7.05 Å². The molecule has 0 bridgehead atoms. The van der Waals surface area contributed by atoms with Gasteiger partial charge in [0, 0.05) is 46.3 Å². The summed E-state index contributed by atoms with van der Waals surface area (Å²) in [4.78, 5) is 17.0. The predicted molar refractivity (Wildman–Crippen MR) is 108 cm³/mol. The van der Waals surface area contributed by atoms with Crippen molar-refractivity contribution in [1.29, 1.82) is 0 Å². The van der Waals surface area contributed by atoms with Gasteiger partial charge in [-0.1, -0.05) is 31.2 Å². The molecule has 1 aliphatic heterocycles. The molecule has 0 amide bonds. The molecule has 0 unspecified atom stereocenters. The molecule has 0 aliphatic carbocycles. The van der Waals surface area contributed by atoms with E-state index in [2.05, 4.69) is 67.3 Å². The van der Waals surface area contributed by atoms with E-state index in [1.54, 1.807) is 13.2 Å². The number of halogens is 1. The van der Waals surface area contributed by atoms with Crippen molar-refractivity contribution < 1.29 is 0 Å². The van der Waals surface area contributed by atoms with Crippen molar-refractivity contribution >= 4 is 21.6 Å². The number of likely N-dealkylation sites (N-methyl/N-ethyl adjacent to an activating group) is 1. The summed E-state index contributed by atoms with van der Waals surface area (Å²) in [6.07, 6.45) is 1.68. The van der Waals surface area contributed by atoms with E-state index in [0.29, 0.717) is 11.0 Å². The van der Waals surface area contributed by atoms with Crippen LogP contribution in [0, 0.1) is 0 Å². The number of aryl methyl sites for hydroxylation is 1. The molecule has 0 radical (unpaired) electrons. The van der Waals surface area contributed by atoms with Gasteiger partial charge in [0.1, 0.15) is 4.47 Å². The van der Waals surface area contributed by atoms with Crippen molar-refractivity contribution in [3.05, 3.63) is 56.4 Å².